The molecular weight excluding hydrogens is 434 g/mol. The highest BCUT2D eigenvalue weighted by Crippen LogP contribution is 2.40. The number of aliphatic hydroxyl groups is 1. The van der Waals surface area contributed by atoms with Crippen molar-refractivity contribution in [3.05, 3.63) is 52.2 Å². The number of carboxylic acid groups (broad SMARTS) is 2. The summed E-state index contributed by atoms with van der Waals surface area (Å²) < 4.78 is 6.10. The second kappa shape index (κ2) is 10.9. The molecule has 2 aromatic rings. The Balaban J connectivity index is 0.000000312. The SMILES string of the molecule is Cc1ccc2c(c1)N=C(N1CCN(CCO)CC1)c1cscc1O2.O=C(O)C=CC(=O)O. The van der Waals surface area contributed by atoms with Crippen molar-refractivity contribution in [2.45, 2.75) is 6.92 Å². The van der Waals surface area contributed by atoms with Crippen molar-refractivity contribution in [1.29, 1.82) is 0 Å². The molecule has 3 N–H and O–H groups in total. The number of rotatable bonds is 4. The van der Waals surface area contributed by atoms with E-state index in [1.807, 2.05) is 11.4 Å². The number of ether oxygens (including phenoxy) is 1. The number of aliphatic imine (C=N–C) groups is 1. The number of hydrogen-bond donors (Lipinski definition) is 3. The van der Waals surface area contributed by atoms with Crippen LogP contribution >= 0.6 is 11.3 Å². The van der Waals surface area contributed by atoms with E-state index < -0.39 is 11.9 Å². The molecule has 0 radical (unpaired) electrons. The molecule has 0 saturated carbocycles. The fourth-order valence-electron chi connectivity index (χ4n) is 3.33. The average Bonchev–Trinajstić information content (AvgIpc) is 3.16. The van der Waals surface area contributed by atoms with Gasteiger partial charge >= 0.3 is 11.9 Å². The number of amidine groups is 1. The Labute approximate surface area is 189 Å². The number of carboxylic acids is 2. The maximum Gasteiger partial charge on any atom is 0.328 e. The molecule has 1 saturated heterocycles. The van der Waals surface area contributed by atoms with E-state index in [0.29, 0.717) is 12.2 Å². The van der Waals surface area contributed by atoms with Gasteiger partial charge in [-0.25, -0.2) is 14.6 Å². The zero-order valence-electron chi connectivity index (χ0n) is 17.6. The van der Waals surface area contributed by atoms with E-state index in [-0.39, 0.29) is 6.61 Å². The summed E-state index contributed by atoms with van der Waals surface area (Å²) in [6.45, 7) is 6.75. The zero-order valence-corrected chi connectivity index (χ0v) is 18.4. The minimum absolute atomic E-state index is 0.218. The molecule has 2 aliphatic heterocycles. The van der Waals surface area contributed by atoms with Crippen LogP contribution in [0.1, 0.15) is 11.1 Å². The predicted molar refractivity (Wildman–Crippen MR) is 121 cm³/mol. The number of aliphatic carboxylic acids is 2. The molecule has 1 aromatic carbocycles. The van der Waals surface area contributed by atoms with Crippen LogP contribution in [0.2, 0.25) is 0 Å². The number of nitrogens with zero attached hydrogens (tertiary/aromatic N) is 3. The molecule has 0 amide bonds. The molecule has 0 bridgehead atoms. The van der Waals surface area contributed by atoms with Crippen molar-refractivity contribution < 1.29 is 29.6 Å². The molecular formula is C22H25N3O6S. The smallest absolute Gasteiger partial charge is 0.328 e. The van der Waals surface area contributed by atoms with Gasteiger partial charge < -0.3 is 25.0 Å². The molecule has 0 unspecified atom stereocenters. The first-order chi connectivity index (χ1) is 15.4. The number of carbonyl (C=O) groups is 2. The van der Waals surface area contributed by atoms with E-state index in [9.17, 15) is 9.59 Å². The summed E-state index contributed by atoms with van der Waals surface area (Å²) in [6.07, 6.45) is 1.12. The van der Waals surface area contributed by atoms with Crippen molar-refractivity contribution in [2.75, 3.05) is 39.3 Å². The monoisotopic (exact) mass is 459 g/mol. The van der Waals surface area contributed by atoms with Gasteiger partial charge in [-0.15, -0.1) is 11.3 Å². The molecule has 0 atom stereocenters. The summed E-state index contributed by atoms with van der Waals surface area (Å²) in [5, 5.41) is 28.9. The maximum atomic E-state index is 9.55. The minimum atomic E-state index is -1.26. The summed E-state index contributed by atoms with van der Waals surface area (Å²) in [5.74, 6) is 0.187. The van der Waals surface area contributed by atoms with Gasteiger partial charge in [-0.05, 0) is 24.6 Å². The van der Waals surface area contributed by atoms with Gasteiger partial charge in [0.25, 0.3) is 0 Å². The summed E-state index contributed by atoms with van der Waals surface area (Å²) >= 11 is 1.64. The Morgan fingerprint density at radius 3 is 2.41 bits per heavy atom. The highest BCUT2D eigenvalue weighted by molar-refractivity contribution is 7.08. The van der Waals surface area contributed by atoms with E-state index in [1.165, 1.54) is 5.56 Å². The first kappa shape index (κ1) is 23.5. The second-order valence-corrected chi connectivity index (χ2v) is 7.96. The van der Waals surface area contributed by atoms with Gasteiger partial charge in [-0.2, -0.15) is 0 Å². The van der Waals surface area contributed by atoms with Crippen LogP contribution in [0.15, 0.2) is 46.1 Å². The van der Waals surface area contributed by atoms with E-state index >= 15 is 0 Å². The first-order valence-corrected chi connectivity index (χ1v) is 11.0. The minimum Gasteiger partial charge on any atom is -0.478 e. The van der Waals surface area contributed by atoms with Crippen molar-refractivity contribution in [2.24, 2.45) is 4.99 Å². The third-order valence-electron chi connectivity index (χ3n) is 4.88. The molecule has 0 spiro atoms. The molecule has 4 rings (SSSR count). The largest absolute Gasteiger partial charge is 0.478 e. The first-order valence-electron chi connectivity index (χ1n) is 10.0. The molecule has 9 nitrogen and oxygen atoms in total. The topological polar surface area (TPSA) is 123 Å². The van der Waals surface area contributed by atoms with Crippen LogP contribution in [0.4, 0.5) is 5.69 Å². The van der Waals surface area contributed by atoms with E-state index in [2.05, 4.69) is 34.2 Å². The third kappa shape index (κ3) is 6.16. The van der Waals surface area contributed by atoms with E-state index in [1.54, 1.807) is 11.3 Å². The van der Waals surface area contributed by atoms with Gasteiger partial charge in [0, 0.05) is 55.6 Å². The molecule has 0 aliphatic carbocycles. The Hall–Kier alpha value is -3.21. The number of benzene rings is 1. The van der Waals surface area contributed by atoms with Gasteiger partial charge in [-0.1, -0.05) is 6.07 Å². The standard InChI is InChI=1S/C18H21N3O2S.C4H4O4/c1-13-2-3-16-15(10-13)19-18(14-11-24-12-17(14)23-16)21-6-4-20(5-7-21)8-9-22;5-3(6)1-2-4(7)8/h2-3,10-12,22H,4-9H2,1H3;1-2H,(H,5,6)(H,7,8). The Morgan fingerprint density at radius 1 is 1.09 bits per heavy atom. The van der Waals surface area contributed by atoms with Crippen LogP contribution in [-0.2, 0) is 9.59 Å². The summed E-state index contributed by atoms with van der Waals surface area (Å²) in [7, 11) is 0. The number of aryl methyl sites for hydroxylation is 1. The number of β-amino-alcohol motifs (C(OH)–C–C–N with tert-alkyl or cyclic N) is 1. The lowest BCUT2D eigenvalue weighted by molar-refractivity contribution is -0.134. The van der Waals surface area contributed by atoms with Crippen molar-refractivity contribution in [3.63, 3.8) is 0 Å². The molecule has 2 aliphatic rings. The molecule has 170 valence electrons. The molecule has 1 aromatic heterocycles. The van der Waals surface area contributed by atoms with Crippen molar-refractivity contribution >= 4 is 34.8 Å². The van der Waals surface area contributed by atoms with Gasteiger partial charge in [0.15, 0.2) is 5.75 Å². The van der Waals surface area contributed by atoms with Gasteiger partial charge in [0.05, 0.1) is 12.2 Å². The molecule has 3 heterocycles. The lowest BCUT2D eigenvalue weighted by Gasteiger charge is -2.36. The molecule has 10 heteroatoms. The van der Waals surface area contributed by atoms with Crippen LogP contribution in [0.25, 0.3) is 0 Å². The van der Waals surface area contributed by atoms with Crippen LogP contribution in [0.5, 0.6) is 11.5 Å². The number of thiophene rings is 1. The summed E-state index contributed by atoms with van der Waals surface area (Å²) in [5.41, 5.74) is 3.14. The third-order valence-corrected chi connectivity index (χ3v) is 5.61. The second-order valence-electron chi connectivity index (χ2n) is 7.22. The lowest BCUT2D eigenvalue weighted by Crippen LogP contribution is -2.49. The van der Waals surface area contributed by atoms with Gasteiger partial charge in [-0.3, -0.25) is 4.90 Å². The van der Waals surface area contributed by atoms with Crippen molar-refractivity contribution in [1.82, 2.24) is 9.80 Å². The van der Waals surface area contributed by atoms with E-state index in [0.717, 1.165) is 61.3 Å². The Morgan fingerprint density at radius 2 is 1.78 bits per heavy atom. The summed E-state index contributed by atoms with van der Waals surface area (Å²) in [6, 6.07) is 6.13. The molecule has 1 fully saturated rings. The van der Waals surface area contributed by atoms with Crippen LogP contribution in [0, 0.1) is 6.92 Å². The lowest BCUT2D eigenvalue weighted by atomic mass is 10.2. The average molecular weight is 460 g/mol. The van der Waals surface area contributed by atoms with Gasteiger partial charge in [0.2, 0.25) is 0 Å². The van der Waals surface area contributed by atoms with Crippen LogP contribution in [0.3, 0.4) is 0 Å². The fraction of sp³-hybridized carbons (Fsp3) is 0.318. The number of hydrogen-bond acceptors (Lipinski definition) is 8. The number of aliphatic hydroxyl groups excluding tert-OH is 1. The highest BCUT2D eigenvalue weighted by atomic mass is 32.1. The number of fused-ring (bicyclic) bond motifs is 2. The maximum absolute atomic E-state index is 9.55. The zero-order chi connectivity index (χ0) is 23.1. The Bertz CT molecular complexity index is 1010. The fourth-order valence-corrected chi connectivity index (χ4v) is 4.05. The Kier molecular flexibility index (Phi) is 7.98. The van der Waals surface area contributed by atoms with Crippen molar-refractivity contribution in [3.8, 4) is 11.5 Å². The number of piperazine rings is 1. The normalized spacial score (nSPS) is 15.6. The molecule has 32 heavy (non-hydrogen) atoms. The quantitative estimate of drug-likeness (QED) is 0.596. The van der Waals surface area contributed by atoms with Crippen LogP contribution < -0.4 is 4.74 Å². The van der Waals surface area contributed by atoms with E-state index in [4.69, 9.17) is 25.0 Å². The van der Waals surface area contributed by atoms with Gasteiger partial charge in [0.1, 0.15) is 17.3 Å². The van der Waals surface area contributed by atoms with Crippen LogP contribution in [-0.4, -0.2) is 82.2 Å². The predicted octanol–water partition coefficient (Wildman–Crippen LogP) is 2.56. The summed E-state index contributed by atoms with van der Waals surface area (Å²) in [4.78, 5) is 28.7. The highest BCUT2D eigenvalue weighted by Gasteiger charge is 2.26.